The minimum absolute atomic E-state index is 0. The Labute approximate surface area is 313 Å². The van der Waals surface area contributed by atoms with Gasteiger partial charge < -0.3 is 39.0 Å². The Hall–Kier alpha value is -2.68. The van der Waals surface area contributed by atoms with Crippen LogP contribution in [0.2, 0.25) is 0 Å². The second kappa shape index (κ2) is 16.6. The van der Waals surface area contributed by atoms with E-state index in [2.05, 4.69) is 11.4 Å². The van der Waals surface area contributed by atoms with Crippen LogP contribution in [0.25, 0.3) is 0 Å². The molecular formula is C35H48N3O10Y-. The summed E-state index contributed by atoms with van der Waals surface area (Å²) in [7, 11) is 4.52. The van der Waals surface area contributed by atoms with Gasteiger partial charge in [-0.3, -0.25) is 14.9 Å². The summed E-state index contributed by atoms with van der Waals surface area (Å²) in [5.41, 5.74) is -0.320. The molecule has 3 aliphatic rings. The van der Waals surface area contributed by atoms with Gasteiger partial charge in [-0.1, -0.05) is 43.3 Å². The third-order valence-electron chi connectivity index (χ3n) is 9.67. The number of epoxide rings is 1. The van der Waals surface area contributed by atoms with E-state index in [4.69, 9.17) is 18.9 Å². The summed E-state index contributed by atoms with van der Waals surface area (Å²) in [4.78, 5) is 55.0. The van der Waals surface area contributed by atoms with Crippen molar-refractivity contribution in [2.45, 2.75) is 109 Å². The van der Waals surface area contributed by atoms with Crippen LogP contribution in [0, 0.1) is 12.0 Å². The van der Waals surface area contributed by atoms with Crippen molar-refractivity contribution < 1.29 is 81.0 Å². The van der Waals surface area contributed by atoms with Gasteiger partial charge in [-0.05, 0) is 26.7 Å². The number of esters is 1. The van der Waals surface area contributed by atoms with E-state index in [0.717, 1.165) is 11.1 Å². The first-order chi connectivity index (χ1) is 22.6. The standard InChI is InChI=1S/C35H48N3O10.Y/c1-9-26(37(6)22(4)40)32(42)47-29-17-30(41)38(7)25-15-23(14-24(16-25)19-39)13-20(2)11-10-12-28(45-8)35(44)18-27(46-33(43)36-35)21(3)31-34(29,5)48-31;/h10-12,14-15,21,26-29,31,39,44H,9,13,17-19H2,1-8H3,(H,36,43);/q-1;/b12-10+,20-11+;/t21-,26?,27?,28-,29+,31?,34?,35+;/m1./s1. The van der Waals surface area contributed by atoms with Crippen LogP contribution < -0.4 is 10.2 Å². The predicted octanol–water partition coefficient (Wildman–Crippen LogP) is 2.55. The van der Waals surface area contributed by atoms with E-state index in [9.17, 15) is 29.4 Å². The summed E-state index contributed by atoms with van der Waals surface area (Å²) in [6, 6.07) is 5.81. The van der Waals surface area contributed by atoms with Crippen LogP contribution in [0.5, 0.6) is 0 Å². The molecule has 0 spiro atoms. The molecule has 4 rings (SSSR count). The van der Waals surface area contributed by atoms with Crippen molar-refractivity contribution in [2.24, 2.45) is 5.92 Å². The number of methoxy groups -OCH3 is 1. The number of nitrogens with one attached hydrogen (secondary N) is 1. The van der Waals surface area contributed by atoms with Crippen LogP contribution in [0.3, 0.4) is 0 Å². The van der Waals surface area contributed by atoms with Gasteiger partial charge in [0.25, 0.3) is 0 Å². The van der Waals surface area contributed by atoms with Crippen LogP contribution in [-0.4, -0.2) is 102 Å². The third-order valence-corrected chi connectivity index (χ3v) is 9.67. The Bertz CT molecular complexity index is 1470. The van der Waals surface area contributed by atoms with Crippen LogP contribution in [0.1, 0.15) is 65.0 Å². The van der Waals surface area contributed by atoms with Gasteiger partial charge in [-0.25, -0.2) is 9.59 Å². The topological polar surface area (TPSA) is 167 Å². The monoisotopic (exact) mass is 759 g/mol. The van der Waals surface area contributed by atoms with Crippen LogP contribution in [0.4, 0.5) is 10.5 Å². The number of alkyl carbamates (subject to hydrolysis) is 1. The summed E-state index contributed by atoms with van der Waals surface area (Å²) in [6.07, 6.45) is 1.36. The van der Waals surface area contributed by atoms with Crippen LogP contribution >= 0.6 is 0 Å². The molecule has 0 saturated carbocycles. The van der Waals surface area contributed by atoms with Crippen molar-refractivity contribution in [3.05, 3.63) is 53.1 Å². The molecule has 0 aliphatic carbocycles. The Kier molecular flexibility index (Phi) is 13.8. The summed E-state index contributed by atoms with van der Waals surface area (Å²) >= 11 is 0. The maximum Gasteiger partial charge on any atom is 0.409 e. The molecule has 49 heavy (non-hydrogen) atoms. The Balaban J connectivity index is 0.00000650. The number of fused-ring (bicyclic) bond motifs is 5. The average Bonchev–Trinajstić information content (AvgIpc) is 3.73. The first-order valence-electron chi connectivity index (χ1n) is 16.2. The number of nitrogens with zero attached hydrogens (tertiary/aromatic N) is 2. The van der Waals surface area contributed by atoms with E-state index in [1.165, 1.54) is 30.9 Å². The van der Waals surface area contributed by atoms with E-state index in [1.807, 2.05) is 13.0 Å². The maximum atomic E-state index is 13.9. The van der Waals surface area contributed by atoms with Crippen molar-refractivity contribution >= 4 is 29.6 Å². The molecule has 13 nitrogen and oxygen atoms in total. The van der Waals surface area contributed by atoms with Crippen molar-refractivity contribution in [2.75, 3.05) is 26.1 Å². The van der Waals surface area contributed by atoms with Crippen molar-refractivity contribution in [3.8, 4) is 0 Å². The van der Waals surface area contributed by atoms with Gasteiger partial charge in [-0.2, -0.15) is 17.7 Å². The summed E-state index contributed by atoms with van der Waals surface area (Å²) in [5.74, 6) is -1.92. The normalized spacial score (nSPS) is 32.6. The molecule has 1 radical (unpaired) electrons. The fraction of sp³-hybridized carbons (Fsp3) is 0.600. The van der Waals surface area contributed by atoms with Gasteiger partial charge in [0.05, 0.1) is 12.5 Å². The molecule has 267 valence electrons. The van der Waals surface area contributed by atoms with Crippen molar-refractivity contribution in [3.63, 3.8) is 0 Å². The average molecular weight is 760 g/mol. The second-order valence-electron chi connectivity index (χ2n) is 13.2. The molecule has 3 amide bonds. The number of hydrogen-bond acceptors (Lipinski definition) is 10. The molecule has 1 aromatic carbocycles. The number of likely N-dealkylation sites (N-methyl/N-ethyl adjacent to an activating group) is 1. The maximum absolute atomic E-state index is 13.9. The number of amides is 3. The summed E-state index contributed by atoms with van der Waals surface area (Å²) < 4.78 is 23.5. The third kappa shape index (κ3) is 9.17. The Morgan fingerprint density at radius 3 is 2.59 bits per heavy atom. The van der Waals surface area contributed by atoms with Gasteiger partial charge in [0.1, 0.15) is 30.0 Å². The number of ether oxygens (including phenoxy) is 4. The number of benzene rings is 1. The molecule has 2 saturated heterocycles. The van der Waals surface area contributed by atoms with E-state index in [-0.39, 0.29) is 64.5 Å². The molecule has 8 atom stereocenters. The quantitative estimate of drug-likeness (QED) is 0.223. The first-order valence-corrected chi connectivity index (χ1v) is 16.2. The molecule has 3 heterocycles. The molecule has 3 aliphatic heterocycles. The fourth-order valence-corrected chi connectivity index (χ4v) is 6.55. The van der Waals surface area contributed by atoms with Gasteiger partial charge in [0.15, 0.2) is 5.72 Å². The molecule has 3 N–H and O–H groups in total. The van der Waals surface area contributed by atoms with Gasteiger partial charge in [0.2, 0.25) is 11.8 Å². The number of anilines is 1. The first kappa shape index (κ1) is 40.8. The summed E-state index contributed by atoms with van der Waals surface area (Å²) in [5, 5.41) is 24.1. The number of aliphatic hydroxyl groups excluding tert-OH is 1. The van der Waals surface area contributed by atoms with Crippen molar-refractivity contribution in [1.29, 1.82) is 0 Å². The molecule has 2 fully saturated rings. The molecule has 4 unspecified atom stereocenters. The van der Waals surface area contributed by atoms with E-state index >= 15 is 0 Å². The van der Waals surface area contributed by atoms with E-state index < -0.39 is 65.7 Å². The zero-order valence-electron chi connectivity index (χ0n) is 29.5. The minimum atomic E-state index is -1.81. The molecule has 0 aromatic heterocycles. The largest absolute Gasteiger partial charge is 0.457 e. The number of rotatable bonds is 6. The molecule has 14 heteroatoms. The SMILES string of the molecule is CCC(C(=O)O[C@H]1CC(=O)N(C)c2[c-]c(CO)cc(c2)C/C(C)=C/C=C/[C@@H](OC)[C@@]2(O)CC(OC(=O)N2)[C@@H](C)C2OC21C)N(C)C(C)=O.[Y]. The number of carbonyl (C=O) groups is 4. The number of aliphatic hydroxyl groups is 2. The molecule has 4 bridgehead atoms. The second-order valence-corrected chi connectivity index (χ2v) is 13.2. The number of carbonyl (C=O) groups excluding carboxylic acids is 4. The van der Waals surface area contributed by atoms with Crippen LogP contribution in [-0.2, 0) is 79.1 Å². The minimum Gasteiger partial charge on any atom is -0.457 e. The van der Waals surface area contributed by atoms with Gasteiger partial charge in [-0.15, -0.1) is 11.6 Å². The Morgan fingerprint density at radius 2 is 1.98 bits per heavy atom. The number of hydrogen-bond donors (Lipinski definition) is 3. The molecular weight excluding hydrogens is 711 g/mol. The van der Waals surface area contributed by atoms with Gasteiger partial charge in [0, 0.05) is 79.8 Å². The summed E-state index contributed by atoms with van der Waals surface area (Å²) in [6.45, 7) is 8.25. The van der Waals surface area contributed by atoms with Crippen molar-refractivity contribution in [1.82, 2.24) is 10.2 Å². The van der Waals surface area contributed by atoms with Crippen LogP contribution in [0.15, 0.2) is 35.9 Å². The molecule has 1 aromatic rings. The Morgan fingerprint density at radius 1 is 1.29 bits per heavy atom. The zero-order chi connectivity index (χ0) is 35.6. The van der Waals surface area contributed by atoms with Gasteiger partial charge >= 0.3 is 12.1 Å². The fourth-order valence-electron chi connectivity index (χ4n) is 6.55. The zero-order valence-corrected chi connectivity index (χ0v) is 32.4. The smallest absolute Gasteiger partial charge is 0.409 e. The van der Waals surface area contributed by atoms with E-state index in [0.29, 0.717) is 17.7 Å². The van der Waals surface area contributed by atoms with E-state index in [1.54, 1.807) is 52.1 Å². The predicted molar refractivity (Wildman–Crippen MR) is 174 cm³/mol. The number of allylic oxidation sites excluding steroid dienone is 3.